The molecule has 0 saturated carbocycles. The van der Waals surface area contributed by atoms with Crippen LogP contribution in [0.25, 0.3) is 0 Å². The summed E-state index contributed by atoms with van der Waals surface area (Å²) in [6.07, 6.45) is -4.17. The number of ether oxygens (including phenoxy) is 2. The molecule has 0 radical (unpaired) electrons. The van der Waals surface area contributed by atoms with Crippen molar-refractivity contribution in [1.29, 1.82) is 0 Å². The highest BCUT2D eigenvalue weighted by molar-refractivity contribution is 5.78. The summed E-state index contributed by atoms with van der Waals surface area (Å²) >= 11 is 0. The van der Waals surface area contributed by atoms with Crippen molar-refractivity contribution < 1.29 is 29.6 Å². The maximum atomic E-state index is 11.3. The minimum atomic E-state index is -1.14. The van der Waals surface area contributed by atoms with Crippen LogP contribution >= 0.6 is 0 Å². The Morgan fingerprint density at radius 1 is 1.32 bits per heavy atom. The Bertz CT molecular complexity index is 306. The van der Waals surface area contributed by atoms with Crippen LogP contribution in [-0.4, -0.2) is 58.4 Å². The minimum Gasteiger partial charge on any atom is -0.394 e. The molecular formula is C13H24O6. The van der Waals surface area contributed by atoms with E-state index in [-0.39, 0.29) is 17.8 Å². The Kier molecular flexibility index (Phi) is 5.88. The zero-order valence-electron chi connectivity index (χ0n) is 11.8. The maximum Gasteiger partial charge on any atom is 0.163 e. The van der Waals surface area contributed by atoms with Crippen LogP contribution in [0.2, 0.25) is 0 Å². The van der Waals surface area contributed by atoms with Crippen molar-refractivity contribution in [2.75, 3.05) is 6.61 Å². The van der Waals surface area contributed by atoms with Crippen LogP contribution in [0.15, 0.2) is 0 Å². The number of aliphatic hydroxyl groups excluding tert-OH is 3. The van der Waals surface area contributed by atoms with Crippen LogP contribution in [0.5, 0.6) is 0 Å². The molecule has 1 saturated heterocycles. The van der Waals surface area contributed by atoms with Crippen molar-refractivity contribution in [3.63, 3.8) is 0 Å². The molecule has 0 bridgehead atoms. The van der Waals surface area contributed by atoms with E-state index in [1.54, 1.807) is 20.8 Å². The second-order valence-corrected chi connectivity index (χ2v) is 5.31. The van der Waals surface area contributed by atoms with Crippen molar-refractivity contribution in [1.82, 2.24) is 0 Å². The van der Waals surface area contributed by atoms with Crippen molar-refractivity contribution in [2.24, 2.45) is 11.8 Å². The molecule has 1 heterocycles. The minimum absolute atomic E-state index is 0.00949. The van der Waals surface area contributed by atoms with Crippen LogP contribution in [0, 0.1) is 11.8 Å². The topological polar surface area (TPSA) is 96.2 Å². The largest absolute Gasteiger partial charge is 0.394 e. The van der Waals surface area contributed by atoms with Gasteiger partial charge in [-0.2, -0.15) is 0 Å². The molecule has 0 aromatic rings. The van der Waals surface area contributed by atoms with Gasteiger partial charge in [-0.25, -0.2) is 0 Å². The number of carbonyl (C=O) groups is 1. The lowest BCUT2D eigenvalue weighted by molar-refractivity contribution is -0.294. The predicted octanol–water partition coefficient (Wildman–Crippen LogP) is -0.308. The second-order valence-electron chi connectivity index (χ2n) is 5.31. The van der Waals surface area contributed by atoms with Gasteiger partial charge in [-0.15, -0.1) is 0 Å². The summed E-state index contributed by atoms with van der Waals surface area (Å²) in [7, 11) is 0. The highest BCUT2D eigenvalue weighted by atomic mass is 16.7. The molecule has 0 amide bonds. The molecule has 0 aliphatic carbocycles. The molecule has 1 fully saturated rings. The van der Waals surface area contributed by atoms with E-state index in [1.807, 2.05) is 0 Å². The number of rotatable bonds is 5. The molecule has 2 unspecified atom stereocenters. The molecule has 0 aromatic carbocycles. The quantitative estimate of drug-likeness (QED) is 0.637. The van der Waals surface area contributed by atoms with Crippen LogP contribution in [-0.2, 0) is 14.3 Å². The molecule has 1 aliphatic rings. The molecule has 112 valence electrons. The molecule has 7 atom stereocenters. The fourth-order valence-electron chi connectivity index (χ4n) is 2.04. The van der Waals surface area contributed by atoms with Gasteiger partial charge in [0, 0.05) is 11.8 Å². The van der Waals surface area contributed by atoms with Crippen molar-refractivity contribution in [3.05, 3.63) is 0 Å². The van der Waals surface area contributed by atoms with E-state index in [0.29, 0.717) is 0 Å². The average molecular weight is 276 g/mol. The van der Waals surface area contributed by atoms with Gasteiger partial charge in [0.25, 0.3) is 0 Å². The fourth-order valence-corrected chi connectivity index (χ4v) is 2.04. The first-order valence-electron chi connectivity index (χ1n) is 6.58. The third kappa shape index (κ3) is 3.73. The van der Waals surface area contributed by atoms with E-state index in [9.17, 15) is 15.0 Å². The van der Waals surface area contributed by atoms with E-state index in [2.05, 4.69) is 0 Å². The molecular weight excluding hydrogens is 252 g/mol. The summed E-state index contributed by atoms with van der Waals surface area (Å²) < 4.78 is 11.1. The summed E-state index contributed by atoms with van der Waals surface area (Å²) in [6.45, 7) is 6.30. The lowest BCUT2D eigenvalue weighted by Crippen LogP contribution is -2.56. The van der Waals surface area contributed by atoms with E-state index in [4.69, 9.17) is 14.6 Å². The number of aliphatic hydroxyl groups is 3. The van der Waals surface area contributed by atoms with Gasteiger partial charge in [-0.3, -0.25) is 4.79 Å². The lowest BCUT2D eigenvalue weighted by atomic mass is 9.92. The van der Waals surface area contributed by atoms with Gasteiger partial charge in [0.05, 0.1) is 18.8 Å². The Morgan fingerprint density at radius 3 is 2.37 bits per heavy atom. The first kappa shape index (κ1) is 16.5. The monoisotopic (exact) mass is 276 g/mol. The Balaban J connectivity index is 2.69. The summed E-state index contributed by atoms with van der Waals surface area (Å²) in [5.74, 6) is -0.720. The Labute approximate surface area is 113 Å². The Morgan fingerprint density at radius 2 is 1.89 bits per heavy atom. The van der Waals surface area contributed by atoms with Crippen molar-refractivity contribution >= 4 is 5.78 Å². The SMILES string of the molecule is CC(=O)[C@@H](C)[C@@H](C)O[C@H]1OC(CO)[C@H](O)[C@H](O)C1C. The van der Waals surface area contributed by atoms with Gasteiger partial charge < -0.3 is 24.8 Å². The second kappa shape index (κ2) is 6.76. The summed E-state index contributed by atoms with van der Waals surface area (Å²) in [6, 6.07) is 0. The van der Waals surface area contributed by atoms with Gasteiger partial charge in [-0.05, 0) is 13.8 Å². The molecule has 0 aromatic heterocycles. The molecule has 19 heavy (non-hydrogen) atoms. The highest BCUT2D eigenvalue weighted by Gasteiger charge is 2.43. The third-order valence-corrected chi connectivity index (χ3v) is 3.88. The van der Waals surface area contributed by atoms with E-state index >= 15 is 0 Å². The number of hydrogen-bond acceptors (Lipinski definition) is 6. The average Bonchev–Trinajstić information content (AvgIpc) is 2.38. The van der Waals surface area contributed by atoms with Gasteiger partial charge >= 0.3 is 0 Å². The Hall–Kier alpha value is -0.530. The standard InChI is InChI=1S/C13H24O6/c1-6(8(3)15)9(4)18-13-7(2)11(16)12(17)10(5-14)19-13/h6-7,9-14,16-17H,5H2,1-4H3/t6-,7?,9-,10?,11-,12+,13+/m1/s1. The molecule has 6 nitrogen and oxygen atoms in total. The lowest BCUT2D eigenvalue weighted by Gasteiger charge is -2.42. The van der Waals surface area contributed by atoms with E-state index in [1.165, 1.54) is 6.92 Å². The van der Waals surface area contributed by atoms with E-state index in [0.717, 1.165) is 0 Å². The number of hydrogen-bond donors (Lipinski definition) is 3. The summed E-state index contributed by atoms with van der Waals surface area (Å²) in [4.78, 5) is 11.3. The van der Waals surface area contributed by atoms with Crippen LogP contribution in [0.1, 0.15) is 27.7 Å². The highest BCUT2D eigenvalue weighted by Crippen LogP contribution is 2.28. The normalized spacial score (nSPS) is 38.8. The van der Waals surface area contributed by atoms with Crippen molar-refractivity contribution in [3.8, 4) is 0 Å². The van der Waals surface area contributed by atoms with Crippen LogP contribution in [0.3, 0.4) is 0 Å². The number of carbonyl (C=O) groups excluding carboxylic acids is 1. The third-order valence-electron chi connectivity index (χ3n) is 3.88. The van der Waals surface area contributed by atoms with Gasteiger partial charge in [0.1, 0.15) is 18.0 Å². The molecule has 0 spiro atoms. The van der Waals surface area contributed by atoms with E-state index < -0.39 is 37.1 Å². The maximum absolute atomic E-state index is 11.3. The van der Waals surface area contributed by atoms with Gasteiger partial charge in [-0.1, -0.05) is 13.8 Å². The zero-order valence-corrected chi connectivity index (χ0v) is 11.8. The molecule has 6 heteroatoms. The first-order valence-corrected chi connectivity index (χ1v) is 6.58. The molecule has 1 aliphatic heterocycles. The smallest absolute Gasteiger partial charge is 0.163 e. The summed E-state index contributed by atoms with van der Waals surface area (Å²) in [5, 5.41) is 28.7. The molecule has 3 N–H and O–H groups in total. The van der Waals surface area contributed by atoms with Crippen LogP contribution < -0.4 is 0 Å². The first-order chi connectivity index (χ1) is 8.79. The predicted molar refractivity (Wildman–Crippen MR) is 67.3 cm³/mol. The summed E-state index contributed by atoms with van der Waals surface area (Å²) in [5.41, 5.74) is 0. The van der Waals surface area contributed by atoms with Gasteiger partial charge in [0.2, 0.25) is 0 Å². The number of Topliss-reactive ketones (excluding diaryl/α,β-unsaturated/α-hetero) is 1. The van der Waals surface area contributed by atoms with Gasteiger partial charge in [0.15, 0.2) is 6.29 Å². The van der Waals surface area contributed by atoms with Crippen LogP contribution in [0.4, 0.5) is 0 Å². The fraction of sp³-hybridized carbons (Fsp3) is 0.923. The number of ketones is 1. The molecule has 1 rings (SSSR count). The van der Waals surface area contributed by atoms with Crippen molar-refractivity contribution in [2.45, 2.75) is 58.4 Å². The zero-order chi connectivity index (χ0) is 14.7.